The van der Waals surface area contributed by atoms with Gasteiger partial charge in [-0.15, -0.1) is 0 Å². The molecule has 0 aliphatic heterocycles. The topological polar surface area (TPSA) is 43.8 Å². The summed E-state index contributed by atoms with van der Waals surface area (Å²) in [5.74, 6) is 0. The second kappa shape index (κ2) is 4.63. The molecule has 0 saturated carbocycles. The van der Waals surface area contributed by atoms with Crippen LogP contribution in [0.1, 0.15) is 18.5 Å². The van der Waals surface area contributed by atoms with Crippen molar-refractivity contribution in [3.63, 3.8) is 0 Å². The number of thiophene rings is 1. The van der Waals surface area contributed by atoms with Crippen molar-refractivity contribution in [2.45, 2.75) is 19.0 Å². The molecule has 0 aliphatic rings. The standard InChI is InChI=1S/C10H12IN3S/c1-7(12)10(8-2-3-15-6-8)14-5-9(11)4-13-14/h2-7,10H,12H2,1H3. The Morgan fingerprint density at radius 3 is 2.87 bits per heavy atom. The first-order chi connectivity index (χ1) is 7.18. The van der Waals surface area contributed by atoms with Crippen molar-refractivity contribution in [1.29, 1.82) is 0 Å². The molecule has 2 rings (SSSR count). The number of rotatable bonds is 3. The highest BCUT2D eigenvalue weighted by Gasteiger charge is 2.19. The third kappa shape index (κ3) is 2.40. The van der Waals surface area contributed by atoms with Crippen molar-refractivity contribution in [2.75, 3.05) is 0 Å². The van der Waals surface area contributed by atoms with Gasteiger partial charge in [0.15, 0.2) is 0 Å². The molecule has 0 saturated heterocycles. The smallest absolute Gasteiger partial charge is 0.0924 e. The summed E-state index contributed by atoms with van der Waals surface area (Å²) in [7, 11) is 0. The fraction of sp³-hybridized carbons (Fsp3) is 0.300. The van der Waals surface area contributed by atoms with Crippen molar-refractivity contribution in [3.8, 4) is 0 Å². The molecule has 0 fully saturated rings. The van der Waals surface area contributed by atoms with Crippen LogP contribution in [0, 0.1) is 3.57 Å². The van der Waals surface area contributed by atoms with Crippen molar-refractivity contribution < 1.29 is 0 Å². The summed E-state index contributed by atoms with van der Waals surface area (Å²) in [4.78, 5) is 0. The van der Waals surface area contributed by atoms with Crippen LogP contribution in [-0.4, -0.2) is 15.8 Å². The maximum Gasteiger partial charge on any atom is 0.0924 e. The third-order valence-electron chi connectivity index (χ3n) is 2.24. The van der Waals surface area contributed by atoms with E-state index in [1.54, 1.807) is 11.3 Å². The Hall–Kier alpha value is -0.400. The van der Waals surface area contributed by atoms with Gasteiger partial charge in [-0.05, 0) is 51.9 Å². The highest BCUT2D eigenvalue weighted by molar-refractivity contribution is 14.1. The molecule has 15 heavy (non-hydrogen) atoms. The number of hydrogen-bond acceptors (Lipinski definition) is 3. The largest absolute Gasteiger partial charge is 0.326 e. The van der Waals surface area contributed by atoms with Crippen LogP contribution in [0.2, 0.25) is 0 Å². The van der Waals surface area contributed by atoms with E-state index in [0.29, 0.717) is 0 Å². The van der Waals surface area contributed by atoms with E-state index in [-0.39, 0.29) is 12.1 Å². The average molecular weight is 333 g/mol. The van der Waals surface area contributed by atoms with Crippen molar-refractivity contribution in [2.24, 2.45) is 5.73 Å². The minimum Gasteiger partial charge on any atom is -0.326 e. The summed E-state index contributed by atoms with van der Waals surface area (Å²) in [5, 5.41) is 8.52. The SMILES string of the molecule is CC(N)C(c1ccsc1)n1cc(I)cn1. The molecule has 2 aromatic rings. The summed E-state index contributed by atoms with van der Waals surface area (Å²) in [6.07, 6.45) is 3.87. The van der Waals surface area contributed by atoms with E-state index < -0.39 is 0 Å². The molecule has 0 aromatic carbocycles. The molecule has 2 N–H and O–H groups in total. The van der Waals surface area contributed by atoms with E-state index in [1.165, 1.54) is 5.56 Å². The number of hydrogen-bond donors (Lipinski definition) is 1. The third-order valence-corrected chi connectivity index (χ3v) is 3.50. The maximum atomic E-state index is 6.01. The first-order valence-corrected chi connectivity index (χ1v) is 6.68. The Kier molecular flexibility index (Phi) is 3.42. The molecule has 0 bridgehead atoms. The van der Waals surface area contributed by atoms with Gasteiger partial charge in [0.2, 0.25) is 0 Å². The molecule has 2 aromatic heterocycles. The lowest BCUT2D eigenvalue weighted by Gasteiger charge is -2.20. The van der Waals surface area contributed by atoms with E-state index in [2.05, 4.69) is 44.5 Å². The first-order valence-electron chi connectivity index (χ1n) is 4.66. The van der Waals surface area contributed by atoms with Crippen LogP contribution in [-0.2, 0) is 0 Å². The fourth-order valence-corrected chi connectivity index (χ4v) is 2.71. The van der Waals surface area contributed by atoms with Crippen molar-refractivity contribution in [1.82, 2.24) is 9.78 Å². The number of halogens is 1. The quantitative estimate of drug-likeness (QED) is 0.877. The molecule has 2 unspecified atom stereocenters. The van der Waals surface area contributed by atoms with Crippen LogP contribution < -0.4 is 5.73 Å². The van der Waals surface area contributed by atoms with Crippen LogP contribution in [0.4, 0.5) is 0 Å². The molecule has 0 amide bonds. The van der Waals surface area contributed by atoms with Gasteiger partial charge in [-0.3, -0.25) is 4.68 Å². The van der Waals surface area contributed by atoms with Gasteiger partial charge in [0, 0.05) is 12.2 Å². The second-order valence-electron chi connectivity index (χ2n) is 3.50. The van der Waals surface area contributed by atoms with Crippen LogP contribution in [0.5, 0.6) is 0 Å². The van der Waals surface area contributed by atoms with Gasteiger partial charge < -0.3 is 5.73 Å². The normalized spacial score (nSPS) is 15.1. The molecule has 0 radical (unpaired) electrons. The lowest BCUT2D eigenvalue weighted by molar-refractivity contribution is 0.455. The lowest BCUT2D eigenvalue weighted by atomic mass is 10.1. The molecular weight excluding hydrogens is 321 g/mol. The van der Waals surface area contributed by atoms with Crippen molar-refractivity contribution in [3.05, 3.63) is 38.4 Å². The predicted octanol–water partition coefficient (Wildman–Crippen LogP) is 2.49. The lowest BCUT2D eigenvalue weighted by Crippen LogP contribution is -2.30. The minimum absolute atomic E-state index is 0.0512. The summed E-state index contributed by atoms with van der Waals surface area (Å²) < 4.78 is 3.07. The Balaban J connectivity index is 2.36. The van der Waals surface area contributed by atoms with Gasteiger partial charge in [-0.25, -0.2) is 0 Å². The summed E-state index contributed by atoms with van der Waals surface area (Å²) in [6, 6.07) is 2.29. The highest BCUT2D eigenvalue weighted by Crippen LogP contribution is 2.23. The summed E-state index contributed by atoms with van der Waals surface area (Å²) >= 11 is 3.94. The summed E-state index contributed by atoms with van der Waals surface area (Å²) in [6.45, 7) is 2.01. The summed E-state index contributed by atoms with van der Waals surface area (Å²) in [5.41, 5.74) is 7.24. The average Bonchev–Trinajstić information content (AvgIpc) is 2.77. The van der Waals surface area contributed by atoms with E-state index >= 15 is 0 Å². The number of nitrogens with zero attached hydrogens (tertiary/aromatic N) is 2. The molecular formula is C10H12IN3S. The molecule has 0 aliphatic carbocycles. The van der Waals surface area contributed by atoms with E-state index in [1.807, 2.05) is 24.0 Å². The zero-order valence-corrected chi connectivity index (χ0v) is 11.3. The number of aromatic nitrogens is 2. The molecule has 3 nitrogen and oxygen atoms in total. The zero-order valence-electron chi connectivity index (χ0n) is 8.30. The molecule has 0 spiro atoms. The van der Waals surface area contributed by atoms with Gasteiger partial charge in [-0.1, -0.05) is 0 Å². The van der Waals surface area contributed by atoms with Crippen LogP contribution in [0.3, 0.4) is 0 Å². The Morgan fingerprint density at radius 2 is 2.40 bits per heavy atom. The second-order valence-corrected chi connectivity index (χ2v) is 5.52. The number of nitrogens with two attached hydrogens (primary N) is 1. The first kappa shape index (κ1) is 11.1. The molecule has 80 valence electrons. The Labute approximate surface area is 106 Å². The molecule has 2 atom stereocenters. The molecule has 2 heterocycles. The molecule has 5 heteroatoms. The van der Waals surface area contributed by atoms with E-state index in [0.717, 1.165) is 3.57 Å². The van der Waals surface area contributed by atoms with Gasteiger partial charge >= 0.3 is 0 Å². The van der Waals surface area contributed by atoms with Gasteiger partial charge in [-0.2, -0.15) is 16.4 Å². The maximum absolute atomic E-state index is 6.01. The zero-order chi connectivity index (χ0) is 10.8. The minimum atomic E-state index is 0.0512. The van der Waals surface area contributed by atoms with Crippen LogP contribution in [0.25, 0.3) is 0 Å². The van der Waals surface area contributed by atoms with Crippen molar-refractivity contribution >= 4 is 33.9 Å². The Bertz CT molecular complexity index is 422. The monoisotopic (exact) mass is 333 g/mol. The predicted molar refractivity (Wildman–Crippen MR) is 71.1 cm³/mol. The fourth-order valence-electron chi connectivity index (χ4n) is 1.61. The van der Waals surface area contributed by atoms with E-state index in [9.17, 15) is 0 Å². The Morgan fingerprint density at radius 1 is 1.60 bits per heavy atom. The highest BCUT2D eigenvalue weighted by atomic mass is 127. The van der Waals surface area contributed by atoms with Gasteiger partial charge in [0.25, 0.3) is 0 Å². The van der Waals surface area contributed by atoms with Gasteiger partial charge in [0.05, 0.1) is 15.8 Å². The van der Waals surface area contributed by atoms with E-state index in [4.69, 9.17) is 5.73 Å². The van der Waals surface area contributed by atoms with Gasteiger partial charge in [0.1, 0.15) is 0 Å². The van der Waals surface area contributed by atoms with Crippen LogP contribution >= 0.6 is 33.9 Å². The van der Waals surface area contributed by atoms with Crippen LogP contribution in [0.15, 0.2) is 29.2 Å².